The number of nitrogens with one attached hydrogen (secondary N) is 1. The zero-order valence-corrected chi connectivity index (χ0v) is 12.5. The van der Waals surface area contributed by atoms with E-state index in [1.165, 1.54) is 13.3 Å². The number of hydrogen-bond acceptors (Lipinski definition) is 4. The van der Waals surface area contributed by atoms with Crippen molar-refractivity contribution in [2.45, 2.75) is 6.92 Å². The number of carbonyl (C=O) groups excluding carboxylic acids is 1. The average Bonchev–Trinajstić information content (AvgIpc) is 2.47. The number of pyridine rings is 1. The van der Waals surface area contributed by atoms with Gasteiger partial charge in [0, 0.05) is 11.1 Å². The van der Waals surface area contributed by atoms with Gasteiger partial charge in [0.1, 0.15) is 5.75 Å². The number of benzene rings is 1. The van der Waals surface area contributed by atoms with Crippen LogP contribution in [0.25, 0.3) is 0 Å². The van der Waals surface area contributed by atoms with E-state index in [0.717, 1.165) is 5.56 Å². The molecule has 0 atom stereocenters. The highest BCUT2D eigenvalue weighted by atomic mass is 35.5. The van der Waals surface area contributed by atoms with Gasteiger partial charge in [0.15, 0.2) is 6.61 Å². The molecule has 110 valence electrons. The number of halogens is 1. The summed E-state index contributed by atoms with van der Waals surface area (Å²) in [6, 6.07) is 8.61. The molecule has 0 aliphatic carbocycles. The van der Waals surface area contributed by atoms with Crippen molar-refractivity contribution in [2.75, 3.05) is 19.0 Å². The molecule has 2 rings (SSSR count). The molecule has 0 aliphatic heterocycles. The molecule has 0 saturated heterocycles. The van der Waals surface area contributed by atoms with Crippen molar-refractivity contribution in [3.05, 3.63) is 47.1 Å². The normalized spacial score (nSPS) is 10.0. The number of hydrogen-bond donors (Lipinski definition) is 1. The smallest absolute Gasteiger partial charge is 0.262 e. The van der Waals surface area contributed by atoms with Gasteiger partial charge in [0.2, 0.25) is 5.88 Å². The van der Waals surface area contributed by atoms with Crippen LogP contribution >= 0.6 is 11.6 Å². The second-order valence-electron chi connectivity index (χ2n) is 4.34. The molecule has 21 heavy (non-hydrogen) atoms. The fourth-order valence-corrected chi connectivity index (χ4v) is 1.92. The molecule has 0 aliphatic rings. The monoisotopic (exact) mass is 306 g/mol. The topological polar surface area (TPSA) is 60.5 Å². The van der Waals surface area contributed by atoms with Gasteiger partial charge in [-0.2, -0.15) is 0 Å². The quantitative estimate of drug-likeness (QED) is 0.922. The highest BCUT2D eigenvalue weighted by molar-refractivity contribution is 6.30. The molecule has 1 aromatic carbocycles. The summed E-state index contributed by atoms with van der Waals surface area (Å²) in [5, 5.41) is 3.32. The van der Waals surface area contributed by atoms with Crippen LogP contribution in [0.4, 0.5) is 5.69 Å². The maximum atomic E-state index is 11.8. The molecule has 0 bridgehead atoms. The van der Waals surface area contributed by atoms with Crippen LogP contribution in [-0.2, 0) is 4.79 Å². The molecule has 0 radical (unpaired) electrons. The van der Waals surface area contributed by atoms with E-state index in [-0.39, 0.29) is 12.5 Å². The first kappa shape index (κ1) is 15.1. The van der Waals surface area contributed by atoms with Crippen molar-refractivity contribution in [1.82, 2.24) is 4.98 Å². The zero-order chi connectivity index (χ0) is 15.2. The molecule has 0 saturated carbocycles. The van der Waals surface area contributed by atoms with E-state index in [1.807, 2.05) is 6.92 Å². The van der Waals surface area contributed by atoms with E-state index in [2.05, 4.69) is 10.3 Å². The molecule has 1 amide bonds. The van der Waals surface area contributed by atoms with Gasteiger partial charge in [-0.25, -0.2) is 4.98 Å². The maximum absolute atomic E-state index is 11.8. The molecule has 0 fully saturated rings. The Morgan fingerprint density at radius 2 is 2.14 bits per heavy atom. The number of methoxy groups -OCH3 is 1. The van der Waals surface area contributed by atoms with Crippen molar-refractivity contribution in [3.63, 3.8) is 0 Å². The first-order chi connectivity index (χ1) is 10.1. The number of amides is 1. The molecule has 1 N–H and O–H groups in total. The Hall–Kier alpha value is -2.27. The predicted molar refractivity (Wildman–Crippen MR) is 81.1 cm³/mol. The standard InChI is InChI=1S/C15H15ClN2O3/c1-10-7-11(16)3-5-13(10)21-9-14(19)18-12-4-6-15(20-2)17-8-12/h3-8H,9H2,1-2H3,(H,18,19). The summed E-state index contributed by atoms with van der Waals surface area (Å²) in [6.07, 6.45) is 1.52. The Morgan fingerprint density at radius 3 is 2.76 bits per heavy atom. The van der Waals surface area contributed by atoms with Gasteiger partial charge in [0.25, 0.3) is 5.91 Å². The summed E-state index contributed by atoms with van der Waals surface area (Å²) in [6.45, 7) is 1.78. The van der Waals surface area contributed by atoms with Gasteiger partial charge in [-0.3, -0.25) is 4.79 Å². The number of nitrogens with zero attached hydrogens (tertiary/aromatic N) is 1. The Kier molecular flexibility index (Phi) is 5.00. The fourth-order valence-electron chi connectivity index (χ4n) is 1.69. The van der Waals surface area contributed by atoms with E-state index in [4.69, 9.17) is 21.1 Å². The molecule has 1 heterocycles. The lowest BCUT2D eigenvalue weighted by atomic mass is 10.2. The third-order valence-electron chi connectivity index (χ3n) is 2.72. The van der Waals surface area contributed by atoms with Crippen molar-refractivity contribution in [3.8, 4) is 11.6 Å². The van der Waals surface area contributed by atoms with Crippen LogP contribution in [0, 0.1) is 6.92 Å². The van der Waals surface area contributed by atoms with Crippen LogP contribution in [0.15, 0.2) is 36.5 Å². The molecule has 2 aromatic rings. The number of rotatable bonds is 5. The third kappa shape index (κ3) is 4.36. The third-order valence-corrected chi connectivity index (χ3v) is 2.96. The van der Waals surface area contributed by atoms with Gasteiger partial charge in [-0.05, 0) is 36.8 Å². The average molecular weight is 307 g/mol. The summed E-state index contributed by atoms with van der Waals surface area (Å²) < 4.78 is 10.4. The van der Waals surface area contributed by atoms with Gasteiger partial charge < -0.3 is 14.8 Å². The van der Waals surface area contributed by atoms with Crippen molar-refractivity contribution >= 4 is 23.2 Å². The van der Waals surface area contributed by atoms with Crippen LogP contribution in [0.1, 0.15) is 5.56 Å². The van der Waals surface area contributed by atoms with Crippen molar-refractivity contribution in [1.29, 1.82) is 0 Å². The first-order valence-corrected chi connectivity index (χ1v) is 6.65. The van der Waals surface area contributed by atoms with Crippen molar-refractivity contribution < 1.29 is 14.3 Å². The number of ether oxygens (including phenoxy) is 2. The largest absolute Gasteiger partial charge is 0.483 e. The lowest BCUT2D eigenvalue weighted by Gasteiger charge is -2.10. The summed E-state index contributed by atoms with van der Waals surface area (Å²) in [5.74, 6) is 0.847. The number of aromatic nitrogens is 1. The molecular formula is C15H15ClN2O3. The minimum absolute atomic E-state index is 0.0888. The Bertz CT molecular complexity index is 629. The second-order valence-corrected chi connectivity index (χ2v) is 4.77. The number of carbonyl (C=O) groups is 1. The van der Waals surface area contributed by atoms with Crippen molar-refractivity contribution in [2.24, 2.45) is 0 Å². The summed E-state index contributed by atoms with van der Waals surface area (Å²) in [7, 11) is 1.53. The maximum Gasteiger partial charge on any atom is 0.262 e. The minimum atomic E-state index is -0.267. The molecule has 0 spiro atoms. The number of anilines is 1. The van der Waals surface area contributed by atoms with Crippen LogP contribution in [0.3, 0.4) is 0 Å². The highest BCUT2D eigenvalue weighted by Crippen LogP contribution is 2.21. The van der Waals surface area contributed by atoms with E-state index in [0.29, 0.717) is 22.3 Å². The van der Waals surface area contributed by atoms with Crippen LogP contribution in [0.5, 0.6) is 11.6 Å². The number of aryl methyl sites for hydroxylation is 1. The first-order valence-electron chi connectivity index (χ1n) is 6.27. The molecular weight excluding hydrogens is 292 g/mol. The summed E-state index contributed by atoms with van der Waals surface area (Å²) in [5.41, 5.74) is 1.46. The van der Waals surface area contributed by atoms with Gasteiger partial charge in [0.05, 0.1) is 19.0 Å². The van der Waals surface area contributed by atoms with Crippen LogP contribution in [-0.4, -0.2) is 24.6 Å². The zero-order valence-electron chi connectivity index (χ0n) is 11.7. The Balaban J connectivity index is 1.89. The lowest BCUT2D eigenvalue weighted by molar-refractivity contribution is -0.118. The van der Waals surface area contributed by atoms with E-state index < -0.39 is 0 Å². The SMILES string of the molecule is COc1ccc(NC(=O)COc2ccc(Cl)cc2C)cn1. The minimum Gasteiger partial charge on any atom is -0.483 e. The Morgan fingerprint density at radius 1 is 1.33 bits per heavy atom. The van der Waals surface area contributed by atoms with Gasteiger partial charge in [-0.1, -0.05) is 11.6 Å². The predicted octanol–water partition coefficient (Wildman–Crippen LogP) is 3.07. The van der Waals surface area contributed by atoms with Crippen LogP contribution in [0.2, 0.25) is 5.02 Å². The summed E-state index contributed by atoms with van der Waals surface area (Å²) >= 11 is 5.86. The lowest BCUT2D eigenvalue weighted by Crippen LogP contribution is -2.20. The van der Waals surface area contributed by atoms with E-state index in [9.17, 15) is 4.79 Å². The molecule has 0 unspecified atom stereocenters. The fraction of sp³-hybridized carbons (Fsp3) is 0.200. The summed E-state index contributed by atoms with van der Waals surface area (Å²) in [4.78, 5) is 15.8. The molecule has 6 heteroatoms. The molecule has 1 aromatic heterocycles. The van der Waals surface area contributed by atoms with E-state index in [1.54, 1.807) is 30.3 Å². The van der Waals surface area contributed by atoms with Crippen LogP contribution < -0.4 is 14.8 Å². The Labute approximate surface area is 127 Å². The highest BCUT2D eigenvalue weighted by Gasteiger charge is 2.06. The molecule has 5 nitrogen and oxygen atoms in total. The second kappa shape index (κ2) is 6.95. The van der Waals surface area contributed by atoms with E-state index >= 15 is 0 Å². The van der Waals surface area contributed by atoms with Gasteiger partial charge in [-0.15, -0.1) is 0 Å². The van der Waals surface area contributed by atoms with Gasteiger partial charge >= 0.3 is 0 Å².